The third-order valence-corrected chi connectivity index (χ3v) is 2.84. The molecule has 3 N–H and O–H groups in total. The van der Waals surface area contributed by atoms with E-state index in [9.17, 15) is 14.7 Å². The Morgan fingerprint density at radius 3 is 2.94 bits per heavy atom. The number of rotatable bonds is 2. The van der Waals surface area contributed by atoms with E-state index in [0.29, 0.717) is 5.56 Å². The molecule has 1 aliphatic heterocycles. The van der Waals surface area contributed by atoms with Crippen molar-refractivity contribution >= 4 is 0 Å². The second-order valence-electron chi connectivity index (χ2n) is 4.09. The van der Waals surface area contributed by atoms with E-state index in [4.69, 9.17) is 9.84 Å². The van der Waals surface area contributed by atoms with Crippen LogP contribution in [-0.4, -0.2) is 38.6 Å². The Morgan fingerprint density at radius 2 is 2.35 bits per heavy atom. The van der Waals surface area contributed by atoms with Crippen LogP contribution < -0.4 is 11.2 Å². The van der Waals surface area contributed by atoms with Gasteiger partial charge in [0.2, 0.25) is 0 Å². The van der Waals surface area contributed by atoms with Crippen LogP contribution in [0.1, 0.15) is 19.6 Å². The van der Waals surface area contributed by atoms with E-state index in [1.807, 2.05) is 0 Å². The molecule has 1 aromatic heterocycles. The lowest BCUT2D eigenvalue weighted by atomic mass is 10.2. The fraction of sp³-hybridized carbons (Fsp3) is 0.600. The van der Waals surface area contributed by atoms with Gasteiger partial charge in [-0.15, -0.1) is 0 Å². The van der Waals surface area contributed by atoms with E-state index >= 15 is 0 Å². The number of hydrogen-bond acceptors (Lipinski definition) is 5. The average Bonchev–Trinajstić information content (AvgIpc) is 2.65. The quantitative estimate of drug-likeness (QED) is 0.592. The third-order valence-electron chi connectivity index (χ3n) is 2.84. The van der Waals surface area contributed by atoms with E-state index in [1.54, 1.807) is 6.92 Å². The topological polar surface area (TPSA) is 105 Å². The second kappa shape index (κ2) is 4.44. The van der Waals surface area contributed by atoms with Crippen LogP contribution in [0.3, 0.4) is 0 Å². The zero-order valence-electron chi connectivity index (χ0n) is 10.3. The lowest BCUT2D eigenvalue weighted by molar-refractivity contribution is -0.0459. The maximum absolute atomic E-state index is 11.6. The van der Waals surface area contributed by atoms with Crippen molar-refractivity contribution in [3.63, 3.8) is 0 Å². The Bertz CT molecular complexity index is 526. The van der Waals surface area contributed by atoms with E-state index in [1.165, 1.54) is 10.8 Å². The van der Waals surface area contributed by atoms with Crippen LogP contribution in [0.25, 0.3) is 0 Å². The summed E-state index contributed by atoms with van der Waals surface area (Å²) < 4.78 is 6.54. The third kappa shape index (κ3) is 2.17. The van der Waals surface area contributed by atoms with E-state index < -0.39 is 29.7 Å². The van der Waals surface area contributed by atoms with E-state index in [0.717, 1.165) is 0 Å². The molecule has 0 amide bonds. The summed E-state index contributed by atoms with van der Waals surface area (Å²) in [5.74, 6) is 0. The van der Waals surface area contributed by atoms with Gasteiger partial charge in [-0.05, 0) is 6.92 Å². The lowest BCUT2D eigenvalue weighted by Gasteiger charge is -2.14. The number of aryl methyl sites for hydroxylation is 1. The van der Waals surface area contributed by atoms with Crippen LogP contribution in [0.5, 0.6) is 0 Å². The molecule has 0 aliphatic carbocycles. The number of ether oxygens (including phenoxy) is 1. The molecule has 7 heteroatoms. The summed E-state index contributed by atoms with van der Waals surface area (Å²) in [6.45, 7) is 1.26. The van der Waals surface area contributed by atoms with Crippen molar-refractivity contribution in [2.45, 2.75) is 31.8 Å². The number of nitrogens with one attached hydrogen (secondary N) is 1. The molecule has 2 heterocycles. The molecule has 0 unspecified atom stereocenters. The van der Waals surface area contributed by atoms with Crippen LogP contribution in [0.4, 0.5) is 0 Å². The fourth-order valence-electron chi connectivity index (χ4n) is 1.85. The standard InChI is InChI=1S/C10H14N2O5/c1-5-3-12(10(16)11-9(5)15)8-2-6(14)7(4-13)17-8/h3,6-8,13-14H,2,4H2,1H3,(H,11,15,16)/p+1/t6-,7+,8+/m0/s1. The van der Waals surface area contributed by atoms with Gasteiger partial charge in [-0.25, -0.2) is 4.79 Å². The van der Waals surface area contributed by atoms with Gasteiger partial charge < -0.3 is 14.9 Å². The lowest BCUT2D eigenvalue weighted by Crippen LogP contribution is -2.33. The largest absolute Gasteiger partial charge is 1.00 e. The molecule has 0 bridgehead atoms. The Labute approximate surface area is 97.8 Å². The van der Waals surface area contributed by atoms with Gasteiger partial charge in [0.25, 0.3) is 5.56 Å². The number of aliphatic hydroxyl groups excluding tert-OH is 2. The summed E-state index contributed by atoms with van der Waals surface area (Å²) in [5.41, 5.74) is -0.643. The zero-order valence-corrected chi connectivity index (χ0v) is 9.29. The zero-order chi connectivity index (χ0) is 12.6. The average molecular weight is 243 g/mol. The first-order valence-corrected chi connectivity index (χ1v) is 5.29. The minimum absolute atomic E-state index is 0. The summed E-state index contributed by atoms with van der Waals surface area (Å²) in [6, 6.07) is 0. The second-order valence-corrected chi connectivity index (χ2v) is 4.09. The number of aromatic nitrogens is 2. The molecule has 0 spiro atoms. The van der Waals surface area contributed by atoms with Gasteiger partial charge in [-0.1, -0.05) is 0 Å². The minimum atomic E-state index is -0.816. The molecule has 1 saturated heterocycles. The van der Waals surface area contributed by atoms with Crippen LogP contribution in [0, 0.1) is 6.92 Å². The molecule has 3 atom stereocenters. The van der Waals surface area contributed by atoms with Gasteiger partial charge in [0.1, 0.15) is 12.3 Å². The van der Waals surface area contributed by atoms with Crippen molar-refractivity contribution in [2.75, 3.05) is 6.61 Å². The fourth-order valence-corrected chi connectivity index (χ4v) is 1.85. The SMILES string of the molecule is Cc1cn([C@H]2C[C@H](O)[C@@H](CO)O2)c(=O)[nH]c1=O.[H+]. The van der Waals surface area contributed by atoms with Crippen molar-refractivity contribution in [3.05, 3.63) is 32.6 Å². The highest BCUT2D eigenvalue weighted by molar-refractivity contribution is 5.02. The summed E-state index contributed by atoms with van der Waals surface area (Å²) in [5, 5.41) is 18.5. The Kier molecular flexibility index (Phi) is 3.14. The first-order valence-electron chi connectivity index (χ1n) is 5.29. The summed E-state index contributed by atoms with van der Waals surface area (Å²) in [4.78, 5) is 24.9. The molecule has 94 valence electrons. The van der Waals surface area contributed by atoms with Crippen molar-refractivity contribution in [3.8, 4) is 0 Å². The van der Waals surface area contributed by atoms with Gasteiger partial charge in [0.15, 0.2) is 0 Å². The van der Waals surface area contributed by atoms with Gasteiger partial charge in [-0.2, -0.15) is 0 Å². The molecule has 17 heavy (non-hydrogen) atoms. The van der Waals surface area contributed by atoms with Crippen molar-refractivity contribution in [1.29, 1.82) is 0 Å². The van der Waals surface area contributed by atoms with Gasteiger partial charge in [0.05, 0.1) is 12.7 Å². The Hall–Kier alpha value is -1.44. The van der Waals surface area contributed by atoms with Crippen molar-refractivity contribution in [2.24, 2.45) is 0 Å². The maximum Gasteiger partial charge on any atom is 1.00 e. The molecule has 0 saturated carbocycles. The highest BCUT2D eigenvalue weighted by Gasteiger charge is 2.34. The Morgan fingerprint density at radius 1 is 1.65 bits per heavy atom. The summed E-state index contributed by atoms with van der Waals surface area (Å²) in [6.07, 6.45) is -0.581. The highest BCUT2D eigenvalue weighted by Crippen LogP contribution is 2.27. The molecule has 0 aromatic carbocycles. The predicted molar refractivity (Wildman–Crippen MR) is 58.8 cm³/mol. The summed E-state index contributed by atoms with van der Waals surface area (Å²) >= 11 is 0. The number of aromatic amines is 1. The van der Waals surface area contributed by atoms with Crippen LogP contribution in [-0.2, 0) is 4.74 Å². The monoisotopic (exact) mass is 243 g/mol. The number of hydrogen-bond donors (Lipinski definition) is 3. The Balaban J connectivity index is 0.00000162. The molecule has 0 radical (unpaired) electrons. The first kappa shape index (κ1) is 12.0. The van der Waals surface area contributed by atoms with Gasteiger partial charge >= 0.3 is 7.12 Å². The van der Waals surface area contributed by atoms with Crippen LogP contribution in [0.2, 0.25) is 0 Å². The molecule has 1 aromatic rings. The first-order chi connectivity index (χ1) is 8.02. The van der Waals surface area contributed by atoms with Gasteiger partial charge in [-0.3, -0.25) is 14.3 Å². The molecular formula is C10H15N2O5+. The smallest absolute Gasteiger partial charge is 0.394 e. The normalized spacial score (nSPS) is 28.5. The maximum atomic E-state index is 11.6. The molecule has 7 nitrogen and oxygen atoms in total. The minimum Gasteiger partial charge on any atom is -0.394 e. The number of nitrogens with zero attached hydrogens (tertiary/aromatic N) is 1. The predicted octanol–water partition coefficient (Wildman–Crippen LogP) is -1.40. The summed E-state index contributed by atoms with van der Waals surface area (Å²) in [7, 11) is 0. The molecule has 1 fully saturated rings. The van der Waals surface area contributed by atoms with Crippen LogP contribution >= 0.6 is 0 Å². The molecular weight excluding hydrogens is 228 g/mol. The molecule has 2 rings (SSSR count). The van der Waals surface area contributed by atoms with Crippen molar-refractivity contribution in [1.82, 2.24) is 9.55 Å². The van der Waals surface area contributed by atoms with Crippen molar-refractivity contribution < 1.29 is 16.4 Å². The number of aliphatic hydroxyl groups is 2. The van der Waals surface area contributed by atoms with Gasteiger partial charge in [0, 0.05) is 18.2 Å². The molecule has 1 aliphatic rings. The van der Waals surface area contributed by atoms with E-state index in [-0.39, 0.29) is 14.5 Å². The number of H-pyrrole nitrogens is 1. The highest BCUT2D eigenvalue weighted by atomic mass is 16.5. The van der Waals surface area contributed by atoms with Crippen LogP contribution in [0.15, 0.2) is 15.8 Å². The van der Waals surface area contributed by atoms with E-state index in [2.05, 4.69) is 4.98 Å².